The number of nitrogens with zero attached hydrogens (tertiary/aromatic N) is 3. The molecule has 0 atom stereocenters. The molecule has 5 heteroatoms. The zero-order valence-electron chi connectivity index (χ0n) is 10.6. The summed E-state index contributed by atoms with van der Waals surface area (Å²) in [6.45, 7) is 2.92. The quantitative estimate of drug-likeness (QED) is 0.888. The fraction of sp³-hybridized carbons (Fsp3) is 0.214. The maximum Gasteiger partial charge on any atom is 0.239 e. The van der Waals surface area contributed by atoms with E-state index < -0.39 is 0 Å². The summed E-state index contributed by atoms with van der Waals surface area (Å²) in [5, 5.41) is 11.9. The summed E-state index contributed by atoms with van der Waals surface area (Å²) in [4.78, 5) is 8.35. The molecule has 1 N–H and O–H groups in total. The number of anilines is 1. The van der Waals surface area contributed by atoms with Crippen LogP contribution in [0.1, 0.15) is 18.9 Å². The maximum atomic E-state index is 8.72. The van der Waals surface area contributed by atoms with E-state index in [1.54, 1.807) is 36.7 Å². The first-order valence-corrected chi connectivity index (χ1v) is 6.05. The smallest absolute Gasteiger partial charge is 0.239 e. The lowest BCUT2D eigenvalue weighted by atomic mass is 10.2. The minimum atomic E-state index is 0.422. The highest BCUT2D eigenvalue weighted by molar-refractivity contribution is 5.37. The summed E-state index contributed by atoms with van der Waals surface area (Å²) in [7, 11) is 0. The molecule has 0 amide bonds. The van der Waals surface area contributed by atoms with Gasteiger partial charge < -0.3 is 10.1 Å². The van der Waals surface area contributed by atoms with Crippen molar-refractivity contribution in [2.45, 2.75) is 13.3 Å². The van der Waals surface area contributed by atoms with Crippen LogP contribution in [-0.4, -0.2) is 16.5 Å². The van der Waals surface area contributed by atoms with Gasteiger partial charge in [0.1, 0.15) is 11.6 Å². The van der Waals surface area contributed by atoms with Crippen molar-refractivity contribution in [3.63, 3.8) is 0 Å². The van der Waals surface area contributed by atoms with Gasteiger partial charge in [0.15, 0.2) is 0 Å². The average molecular weight is 254 g/mol. The molecule has 2 rings (SSSR count). The number of hydrogen-bond donors (Lipinski definition) is 1. The van der Waals surface area contributed by atoms with Crippen LogP contribution in [0.25, 0.3) is 0 Å². The molecule has 0 saturated heterocycles. The third-order valence-corrected chi connectivity index (χ3v) is 2.37. The fourth-order valence-corrected chi connectivity index (χ4v) is 1.45. The van der Waals surface area contributed by atoms with Crippen LogP contribution in [0, 0.1) is 11.3 Å². The van der Waals surface area contributed by atoms with Crippen molar-refractivity contribution in [3.05, 3.63) is 42.2 Å². The van der Waals surface area contributed by atoms with Crippen LogP contribution < -0.4 is 10.1 Å². The van der Waals surface area contributed by atoms with Crippen LogP contribution in [0.3, 0.4) is 0 Å². The van der Waals surface area contributed by atoms with Crippen molar-refractivity contribution >= 4 is 5.82 Å². The van der Waals surface area contributed by atoms with Gasteiger partial charge in [0, 0.05) is 6.54 Å². The summed E-state index contributed by atoms with van der Waals surface area (Å²) in [5.74, 6) is 1.74. The van der Waals surface area contributed by atoms with E-state index >= 15 is 0 Å². The van der Waals surface area contributed by atoms with Gasteiger partial charge in [0.25, 0.3) is 0 Å². The molecule has 0 bridgehead atoms. The number of rotatable bonds is 5. The van der Waals surface area contributed by atoms with Crippen molar-refractivity contribution in [2.24, 2.45) is 0 Å². The predicted octanol–water partition coefficient (Wildman–Crippen LogP) is 2.96. The van der Waals surface area contributed by atoms with E-state index in [4.69, 9.17) is 10.00 Å². The Balaban J connectivity index is 2.07. The van der Waals surface area contributed by atoms with Crippen LogP contribution in [0.2, 0.25) is 0 Å². The highest BCUT2D eigenvalue weighted by atomic mass is 16.5. The molecule has 19 heavy (non-hydrogen) atoms. The minimum Gasteiger partial charge on any atom is -0.437 e. The summed E-state index contributed by atoms with van der Waals surface area (Å²) in [6.07, 6.45) is 4.22. The van der Waals surface area contributed by atoms with Gasteiger partial charge in [-0.05, 0) is 30.7 Å². The topological polar surface area (TPSA) is 70.8 Å². The lowest BCUT2D eigenvalue weighted by Gasteiger charge is -2.07. The molecule has 0 fully saturated rings. The second-order valence-electron chi connectivity index (χ2n) is 3.91. The number of nitriles is 1. The largest absolute Gasteiger partial charge is 0.437 e. The van der Waals surface area contributed by atoms with Crippen LogP contribution in [-0.2, 0) is 0 Å². The molecule has 0 aliphatic heterocycles. The third-order valence-electron chi connectivity index (χ3n) is 2.37. The molecule has 0 aliphatic carbocycles. The van der Waals surface area contributed by atoms with Crippen LogP contribution in [0.5, 0.6) is 11.6 Å². The first kappa shape index (κ1) is 12.8. The molecule has 0 aliphatic rings. The van der Waals surface area contributed by atoms with Gasteiger partial charge in [-0.25, -0.2) is 0 Å². The van der Waals surface area contributed by atoms with Gasteiger partial charge in [0.05, 0.1) is 24.0 Å². The molecule has 0 saturated carbocycles. The average Bonchev–Trinajstić information content (AvgIpc) is 2.46. The Hall–Kier alpha value is -2.61. The van der Waals surface area contributed by atoms with Gasteiger partial charge in [-0.15, -0.1) is 0 Å². The standard InChI is InChI=1S/C14H14N4O/c1-2-7-17-13-9-16-10-14(18-13)19-12-5-3-11(8-15)4-6-12/h3-6,9-10H,2,7H2,1H3,(H,17,18). The molecular weight excluding hydrogens is 240 g/mol. The van der Waals surface area contributed by atoms with E-state index in [-0.39, 0.29) is 0 Å². The zero-order chi connectivity index (χ0) is 13.5. The van der Waals surface area contributed by atoms with E-state index in [0.29, 0.717) is 23.0 Å². The molecule has 0 spiro atoms. The van der Waals surface area contributed by atoms with Gasteiger partial charge in [-0.1, -0.05) is 6.92 Å². The number of nitrogens with one attached hydrogen (secondary N) is 1. The second-order valence-corrected chi connectivity index (χ2v) is 3.91. The molecule has 5 nitrogen and oxygen atoms in total. The third kappa shape index (κ3) is 3.68. The van der Waals surface area contributed by atoms with E-state index in [2.05, 4.69) is 28.3 Å². The van der Waals surface area contributed by atoms with Gasteiger partial charge in [-0.3, -0.25) is 4.98 Å². The van der Waals surface area contributed by atoms with E-state index in [0.717, 1.165) is 13.0 Å². The van der Waals surface area contributed by atoms with Crippen molar-refractivity contribution in [3.8, 4) is 17.7 Å². The van der Waals surface area contributed by atoms with E-state index in [1.165, 1.54) is 0 Å². The molecule has 1 heterocycles. The Labute approximate surface area is 111 Å². The van der Waals surface area contributed by atoms with Crippen molar-refractivity contribution in [2.75, 3.05) is 11.9 Å². The van der Waals surface area contributed by atoms with Crippen molar-refractivity contribution in [1.82, 2.24) is 9.97 Å². The lowest BCUT2D eigenvalue weighted by molar-refractivity contribution is 0.461. The van der Waals surface area contributed by atoms with Crippen LogP contribution in [0.15, 0.2) is 36.7 Å². The van der Waals surface area contributed by atoms with Gasteiger partial charge in [0.2, 0.25) is 5.88 Å². The second kappa shape index (κ2) is 6.36. The summed E-state index contributed by atoms with van der Waals surface area (Å²) in [5.41, 5.74) is 0.594. The summed E-state index contributed by atoms with van der Waals surface area (Å²) in [6, 6.07) is 8.91. The van der Waals surface area contributed by atoms with Gasteiger partial charge >= 0.3 is 0 Å². The van der Waals surface area contributed by atoms with Gasteiger partial charge in [-0.2, -0.15) is 10.2 Å². The maximum absolute atomic E-state index is 8.72. The Kier molecular flexibility index (Phi) is 4.29. The molecule has 0 radical (unpaired) electrons. The van der Waals surface area contributed by atoms with Crippen molar-refractivity contribution < 1.29 is 4.74 Å². The van der Waals surface area contributed by atoms with Crippen molar-refractivity contribution in [1.29, 1.82) is 5.26 Å². The molecule has 0 unspecified atom stereocenters. The first-order valence-electron chi connectivity index (χ1n) is 6.05. The predicted molar refractivity (Wildman–Crippen MR) is 72.0 cm³/mol. The fourth-order valence-electron chi connectivity index (χ4n) is 1.45. The molecule has 1 aromatic carbocycles. The zero-order valence-corrected chi connectivity index (χ0v) is 10.6. The number of ether oxygens (including phenoxy) is 1. The highest BCUT2D eigenvalue weighted by Crippen LogP contribution is 2.20. The molecule has 2 aromatic rings. The number of benzene rings is 1. The Morgan fingerprint density at radius 1 is 1.26 bits per heavy atom. The van der Waals surface area contributed by atoms with E-state index in [1.807, 2.05) is 0 Å². The van der Waals surface area contributed by atoms with Crippen LogP contribution >= 0.6 is 0 Å². The van der Waals surface area contributed by atoms with E-state index in [9.17, 15) is 0 Å². The molecular formula is C14H14N4O. The minimum absolute atomic E-state index is 0.422. The Morgan fingerprint density at radius 2 is 2.05 bits per heavy atom. The summed E-state index contributed by atoms with van der Waals surface area (Å²) >= 11 is 0. The number of aromatic nitrogens is 2. The summed E-state index contributed by atoms with van der Waals surface area (Å²) < 4.78 is 5.58. The highest BCUT2D eigenvalue weighted by Gasteiger charge is 2.01. The Bertz CT molecular complexity index is 575. The molecule has 1 aromatic heterocycles. The normalized spacial score (nSPS) is 9.68. The monoisotopic (exact) mass is 254 g/mol. The SMILES string of the molecule is CCCNc1cncc(Oc2ccc(C#N)cc2)n1. The van der Waals surface area contributed by atoms with Crippen LogP contribution in [0.4, 0.5) is 5.82 Å². The first-order chi connectivity index (χ1) is 9.31. The molecule has 96 valence electrons. The Morgan fingerprint density at radius 3 is 2.74 bits per heavy atom. The number of hydrogen-bond acceptors (Lipinski definition) is 5. The lowest BCUT2D eigenvalue weighted by Crippen LogP contribution is -2.02.